The summed E-state index contributed by atoms with van der Waals surface area (Å²) in [7, 11) is -2.67. The Morgan fingerprint density at radius 2 is 1.60 bits per heavy atom. The van der Waals surface area contributed by atoms with Gasteiger partial charge in [-0.25, -0.2) is 8.42 Å². The second kappa shape index (κ2) is 13.9. The van der Waals surface area contributed by atoms with Crippen LogP contribution in [0.2, 0.25) is 10.0 Å². The number of rotatable bonds is 12. The largest absolute Gasteiger partial charge is 0.497 e. The monoisotopic (exact) mass is 605 g/mol. The van der Waals surface area contributed by atoms with Gasteiger partial charge in [-0.15, -0.1) is 0 Å². The SMILES string of the molecule is COc1ccc(CN(C(=O)CN(c2ccc(Cl)cc2Cl)S(=O)(=O)c2ccccc2)[C@@H](C)C(=O)NCC(C)C)cc1. The van der Waals surface area contributed by atoms with Crippen LogP contribution in [0.3, 0.4) is 0 Å². The van der Waals surface area contributed by atoms with Gasteiger partial charge in [0.05, 0.1) is 22.7 Å². The molecular formula is C29H33Cl2N3O5S. The molecule has 0 spiro atoms. The van der Waals surface area contributed by atoms with Gasteiger partial charge in [0.1, 0.15) is 18.3 Å². The second-order valence-electron chi connectivity index (χ2n) is 9.61. The van der Waals surface area contributed by atoms with Gasteiger partial charge in [0.25, 0.3) is 10.0 Å². The fourth-order valence-corrected chi connectivity index (χ4v) is 5.89. The number of nitrogens with zero attached hydrogens (tertiary/aromatic N) is 2. The Morgan fingerprint density at radius 1 is 0.950 bits per heavy atom. The molecule has 0 unspecified atom stereocenters. The van der Waals surface area contributed by atoms with Crippen molar-refractivity contribution < 1.29 is 22.7 Å². The number of carbonyl (C=O) groups is 2. The molecule has 0 radical (unpaired) electrons. The van der Waals surface area contributed by atoms with Gasteiger partial charge in [0.15, 0.2) is 0 Å². The first kappa shape index (κ1) is 31.3. The lowest BCUT2D eigenvalue weighted by molar-refractivity contribution is -0.139. The van der Waals surface area contributed by atoms with Crippen LogP contribution in [0.4, 0.5) is 5.69 Å². The highest BCUT2D eigenvalue weighted by Gasteiger charge is 2.33. The van der Waals surface area contributed by atoms with E-state index in [-0.39, 0.29) is 34.0 Å². The maximum Gasteiger partial charge on any atom is 0.264 e. The number of hydrogen-bond acceptors (Lipinski definition) is 5. The molecule has 0 heterocycles. The van der Waals surface area contributed by atoms with Gasteiger partial charge in [-0.05, 0) is 60.9 Å². The highest BCUT2D eigenvalue weighted by molar-refractivity contribution is 7.92. The summed E-state index contributed by atoms with van der Waals surface area (Å²) in [5.74, 6) is -0.0894. The van der Waals surface area contributed by atoms with E-state index in [0.717, 1.165) is 9.87 Å². The molecule has 0 bridgehead atoms. The van der Waals surface area contributed by atoms with Crippen molar-refractivity contribution in [2.24, 2.45) is 5.92 Å². The van der Waals surface area contributed by atoms with E-state index in [0.29, 0.717) is 17.3 Å². The standard InChI is InChI=1S/C29H33Cl2N3O5S/c1-20(2)17-32-29(36)21(3)33(18-22-10-13-24(39-4)14-11-22)28(35)19-34(27-15-12-23(30)16-26(27)31)40(37,38)25-8-6-5-7-9-25/h5-16,20-21H,17-19H2,1-4H3,(H,32,36)/t21-/m0/s1. The Hall–Kier alpha value is -3.27. The van der Waals surface area contributed by atoms with Crippen molar-refractivity contribution in [2.75, 3.05) is 24.5 Å². The molecule has 3 aromatic carbocycles. The molecule has 11 heteroatoms. The average molecular weight is 607 g/mol. The van der Waals surface area contributed by atoms with Gasteiger partial charge >= 0.3 is 0 Å². The highest BCUT2D eigenvalue weighted by atomic mass is 35.5. The summed E-state index contributed by atoms with van der Waals surface area (Å²) in [6, 6.07) is 18.3. The molecule has 0 aromatic heterocycles. The van der Waals surface area contributed by atoms with Crippen LogP contribution >= 0.6 is 23.2 Å². The zero-order valence-corrected chi connectivity index (χ0v) is 25.1. The summed E-state index contributed by atoms with van der Waals surface area (Å²) in [6.07, 6.45) is 0. The summed E-state index contributed by atoms with van der Waals surface area (Å²) in [6.45, 7) is 5.44. The Bertz CT molecular complexity index is 1420. The van der Waals surface area contributed by atoms with E-state index in [4.69, 9.17) is 27.9 Å². The summed E-state index contributed by atoms with van der Waals surface area (Å²) in [5, 5.41) is 3.23. The van der Waals surface area contributed by atoms with Gasteiger partial charge in [-0.2, -0.15) is 0 Å². The molecule has 3 aromatic rings. The van der Waals surface area contributed by atoms with Crippen LogP contribution in [0.5, 0.6) is 5.75 Å². The molecule has 2 amide bonds. The first-order valence-corrected chi connectivity index (χ1v) is 14.9. The number of carbonyl (C=O) groups excluding carboxylic acids is 2. The maximum absolute atomic E-state index is 13.9. The summed E-state index contributed by atoms with van der Waals surface area (Å²) < 4.78 is 33.8. The van der Waals surface area contributed by atoms with E-state index in [9.17, 15) is 18.0 Å². The van der Waals surface area contributed by atoms with Crippen molar-refractivity contribution in [3.05, 3.63) is 88.4 Å². The predicted molar refractivity (Wildman–Crippen MR) is 158 cm³/mol. The minimum atomic E-state index is -4.23. The number of sulfonamides is 1. The lowest BCUT2D eigenvalue weighted by Crippen LogP contribution is -2.51. The number of ether oxygens (including phenoxy) is 1. The molecule has 0 saturated carbocycles. The fourth-order valence-electron chi connectivity index (χ4n) is 3.88. The quantitative estimate of drug-likeness (QED) is 0.299. The Balaban J connectivity index is 2.02. The summed E-state index contributed by atoms with van der Waals surface area (Å²) >= 11 is 12.5. The number of amides is 2. The first-order valence-electron chi connectivity index (χ1n) is 12.7. The summed E-state index contributed by atoms with van der Waals surface area (Å²) in [4.78, 5) is 28.3. The molecule has 1 atom stereocenters. The second-order valence-corrected chi connectivity index (χ2v) is 12.3. The van der Waals surface area contributed by atoms with Crippen molar-refractivity contribution in [2.45, 2.75) is 38.3 Å². The minimum absolute atomic E-state index is 0.0155. The number of anilines is 1. The van der Waals surface area contributed by atoms with Crippen LogP contribution in [0.15, 0.2) is 77.7 Å². The van der Waals surface area contributed by atoms with E-state index in [1.807, 2.05) is 13.8 Å². The van der Waals surface area contributed by atoms with E-state index in [1.165, 1.54) is 35.2 Å². The van der Waals surface area contributed by atoms with E-state index >= 15 is 0 Å². The normalized spacial score (nSPS) is 12.1. The fraction of sp³-hybridized carbons (Fsp3) is 0.310. The zero-order valence-electron chi connectivity index (χ0n) is 22.8. The van der Waals surface area contributed by atoms with Crippen molar-refractivity contribution in [3.8, 4) is 5.75 Å². The van der Waals surface area contributed by atoms with Crippen molar-refractivity contribution >= 4 is 50.7 Å². The molecule has 0 aliphatic rings. The first-order chi connectivity index (χ1) is 18.9. The number of halogens is 2. The van der Waals surface area contributed by atoms with Crippen molar-refractivity contribution in [1.82, 2.24) is 10.2 Å². The van der Waals surface area contributed by atoms with Crippen molar-refractivity contribution in [3.63, 3.8) is 0 Å². The van der Waals surface area contributed by atoms with E-state index < -0.39 is 28.5 Å². The van der Waals surface area contributed by atoms with E-state index in [1.54, 1.807) is 56.5 Å². The molecule has 0 saturated heterocycles. The number of methoxy groups -OCH3 is 1. The lowest BCUT2D eigenvalue weighted by Gasteiger charge is -2.32. The highest BCUT2D eigenvalue weighted by Crippen LogP contribution is 2.33. The number of benzene rings is 3. The van der Waals surface area contributed by atoms with Crippen LogP contribution < -0.4 is 14.4 Å². The van der Waals surface area contributed by atoms with Gasteiger partial charge in [-0.3, -0.25) is 13.9 Å². The molecule has 40 heavy (non-hydrogen) atoms. The van der Waals surface area contributed by atoms with Crippen LogP contribution in [-0.4, -0.2) is 51.4 Å². The zero-order chi connectivity index (χ0) is 29.4. The minimum Gasteiger partial charge on any atom is -0.497 e. The van der Waals surface area contributed by atoms with E-state index in [2.05, 4.69) is 5.32 Å². The Morgan fingerprint density at radius 3 is 2.17 bits per heavy atom. The van der Waals surface area contributed by atoms with Gasteiger partial charge in [0.2, 0.25) is 11.8 Å². The Labute approximate surface area is 245 Å². The molecule has 3 rings (SSSR count). The molecule has 8 nitrogen and oxygen atoms in total. The lowest BCUT2D eigenvalue weighted by atomic mass is 10.1. The van der Waals surface area contributed by atoms with Crippen LogP contribution in [-0.2, 0) is 26.2 Å². The van der Waals surface area contributed by atoms with Crippen LogP contribution in [0, 0.1) is 5.92 Å². The van der Waals surface area contributed by atoms with Crippen molar-refractivity contribution in [1.29, 1.82) is 0 Å². The third-order valence-electron chi connectivity index (χ3n) is 6.15. The number of nitrogens with one attached hydrogen (secondary N) is 1. The average Bonchev–Trinajstić information content (AvgIpc) is 2.94. The predicted octanol–water partition coefficient (Wildman–Crippen LogP) is 5.39. The smallest absolute Gasteiger partial charge is 0.264 e. The molecule has 214 valence electrons. The third kappa shape index (κ3) is 7.90. The molecule has 1 N–H and O–H groups in total. The van der Waals surface area contributed by atoms with Gasteiger partial charge in [-0.1, -0.05) is 67.4 Å². The molecular weight excluding hydrogens is 573 g/mol. The third-order valence-corrected chi connectivity index (χ3v) is 8.46. The molecule has 0 aliphatic heterocycles. The maximum atomic E-state index is 13.9. The van der Waals surface area contributed by atoms with Crippen LogP contribution in [0.1, 0.15) is 26.3 Å². The summed E-state index contributed by atoms with van der Waals surface area (Å²) in [5.41, 5.74) is 0.823. The van der Waals surface area contributed by atoms with Crippen LogP contribution in [0.25, 0.3) is 0 Å². The topological polar surface area (TPSA) is 96.0 Å². The van der Waals surface area contributed by atoms with Gasteiger partial charge < -0.3 is 15.0 Å². The van der Waals surface area contributed by atoms with Gasteiger partial charge in [0, 0.05) is 18.1 Å². The number of hydrogen-bond donors (Lipinski definition) is 1. The Kier molecular flexibility index (Phi) is 10.8. The molecule has 0 aliphatic carbocycles. The molecule has 0 fully saturated rings.